The van der Waals surface area contributed by atoms with Gasteiger partial charge in [0.1, 0.15) is 6.29 Å². The summed E-state index contributed by atoms with van der Waals surface area (Å²) in [5.41, 5.74) is 2.66. The van der Waals surface area contributed by atoms with Gasteiger partial charge in [-0.05, 0) is 26.0 Å². The molecule has 0 aliphatic heterocycles. The van der Waals surface area contributed by atoms with Gasteiger partial charge in [0, 0.05) is 19.5 Å². The van der Waals surface area contributed by atoms with E-state index in [4.69, 9.17) is 0 Å². The van der Waals surface area contributed by atoms with Gasteiger partial charge in [0.2, 0.25) is 0 Å². The largest absolute Gasteiger partial charge is 0.306 e. The molecule has 0 atom stereocenters. The van der Waals surface area contributed by atoms with Gasteiger partial charge in [-0.25, -0.2) is 0 Å². The van der Waals surface area contributed by atoms with Gasteiger partial charge < -0.3 is 9.69 Å². The Morgan fingerprint density at radius 2 is 1.87 bits per heavy atom. The number of benzene rings is 1. The third kappa shape index (κ3) is 4.75. The number of hydrogen-bond acceptors (Lipinski definition) is 2. The van der Waals surface area contributed by atoms with E-state index in [0.717, 1.165) is 25.8 Å². The van der Waals surface area contributed by atoms with Crippen molar-refractivity contribution in [2.75, 3.05) is 20.1 Å². The van der Waals surface area contributed by atoms with Crippen LogP contribution in [0.4, 0.5) is 0 Å². The molecule has 2 heteroatoms. The maximum Gasteiger partial charge on any atom is 0.121 e. The lowest BCUT2D eigenvalue weighted by atomic mass is 10.1. The molecule has 0 saturated heterocycles. The van der Waals surface area contributed by atoms with Crippen molar-refractivity contribution in [1.82, 2.24) is 4.90 Å². The Morgan fingerprint density at radius 3 is 2.47 bits per heavy atom. The van der Waals surface area contributed by atoms with E-state index >= 15 is 0 Å². The molecule has 0 aromatic heterocycles. The number of carbonyl (C=O) groups is 1. The highest BCUT2D eigenvalue weighted by molar-refractivity contribution is 5.49. The summed E-state index contributed by atoms with van der Waals surface area (Å²) in [4.78, 5) is 12.4. The summed E-state index contributed by atoms with van der Waals surface area (Å²) in [5, 5.41) is 0. The van der Waals surface area contributed by atoms with Crippen LogP contribution in [0.2, 0.25) is 0 Å². The standard InChI is InChI=1S/C13H19NO/c1-12-4-6-13(7-5-12)8-10-14(2)9-3-11-15/h4-7,11H,3,8-10H2,1-2H3. The molecule has 1 aromatic carbocycles. The van der Waals surface area contributed by atoms with Gasteiger partial charge >= 0.3 is 0 Å². The number of aldehydes is 1. The van der Waals surface area contributed by atoms with Gasteiger partial charge in [-0.3, -0.25) is 0 Å². The molecule has 2 nitrogen and oxygen atoms in total. The van der Waals surface area contributed by atoms with E-state index in [0.29, 0.717) is 6.42 Å². The zero-order chi connectivity index (χ0) is 11.1. The number of carbonyl (C=O) groups excluding carboxylic acids is 1. The Hall–Kier alpha value is -1.15. The zero-order valence-electron chi connectivity index (χ0n) is 9.57. The highest BCUT2D eigenvalue weighted by atomic mass is 16.1. The first-order valence-corrected chi connectivity index (χ1v) is 5.40. The van der Waals surface area contributed by atoms with Crippen molar-refractivity contribution in [3.63, 3.8) is 0 Å². The molecule has 0 fully saturated rings. The fourth-order valence-corrected chi connectivity index (χ4v) is 1.46. The van der Waals surface area contributed by atoms with Crippen LogP contribution in [0.15, 0.2) is 24.3 Å². The second kappa shape index (κ2) is 6.36. The van der Waals surface area contributed by atoms with Crippen molar-refractivity contribution in [2.45, 2.75) is 19.8 Å². The van der Waals surface area contributed by atoms with Crippen LogP contribution >= 0.6 is 0 Å². The smallest absolute Gasteiger partial charge is 0.121 e. The van der Waals surface area contributed by atoms with E-state index in [1.54, 1.807) is 0 Å². The normalized spacial score (nSPS) is 10.6. The molecule has 0 heterocycles. The summed E-state index contributed by atoms with van der Waals surface area (Å²) >= 11 is 0. The summed E-state index contributed by atoms with van der Waals surface area (Å²) in [6.07, 6.45) is 2.66. The van der Waals surface area contributed by atoms with Crippen LogP contribution in [0.5, 0.6) is 0 Å². The molecule has 0 N–H and O–H groups in total. The molecule has 0 saturated carbocycles. The molecule has 82 valence electrons. The number of likely N-dealkylation sites (N-methyl/N-ethyl adjacent to an activating group) is 1. The van der Waals surface area contributed by atoms with Gasteiger partial charge in [0.15, 0.2) is 0 Å². The average molecular weight is 205 g/mol. The lowest BCUT2D eigenvalue weighted by Gasteiger charge is -2.14. The molecule has 1 rings (SSSR count). The molecule has 0 amide bonds. The minimum Gasteiger partial charge on any atom is -0.306 e. The van der Waals surface area contributed by atoms with Crippen molar-refractivity contribution in [2.24, 2.45) is 0 Å². The second-order valence-electron chi connectivity index (χ2n) is 3.99. The first-order chi connectivity index (χ1) is 7.22. The summed E-state index contributed by atoms with van der Waals surface area (Å²) in [7, 11) is 2.05. The van der Waals surface area contributed by atoms with Crippen LogP contribution in [0.3, 0.4) is 0 Å². The Bertz CT molecular complexity index is 292. The second-order valence-corrected chi connectivity index (χ2v) is 3.99. The SMILES string of the molecule is Cc1ccc(CCN(C)CCC=O)cc1. The zero-order valence-corrected chi connectivity index (χ0v) is 9.57. The van der Waals surface area contributed by atoms with Crippen molar-refractivity contribution in [3.8, 4) is 0 Å². The Kier molecular flexibility index (Phi) is 5.05. The lowest BCUT2D eigenvalue weighted by molar-refractivity contribution is -0.108. The highest BCUT2D eigenvalue weighted by Crippen LogP contribution is 2.04. The number of nitrogens with zero attached hydrogens (tertiary/aromatic N) is 1. The Balaban J connectivity index is 2.30. The molecule has 0 spiro atoms. The predicted molar refractivity (Wildman–Crippen MR) is 63.1 cm³/mol. The molecule has 0 aliphatic carbocycles. The Labute approximate surface area is 91.9 Å². The van der Waals surface area contributed by atoms with Crippen LogP contribution in [-0.4, -0.2) is 31.3 Å². The lowest BCUT2D eigenvalue weighted by Crippen LogP contribution is -2.22. The third-order valence-electron chi connectivity index (χ3n) is 2.53. The number of hydrogen-bond donors (Lipinski definition) is 0. The van der Waals surface area contributed by atoms with Gasteiger partial charge in [-0.15, -0.1) is 0 Å². The Morgan fingerprint density at radius 1 is 1.20 bits per heavy atom. The first kappa shape index (κ1) is 11.9. The van der Waals surface area contributed by atoms with Gasteiger partial charge in [-0.1, -0.05) is 29.8 Å². The molecular formula is C13H19NO. The topological polar surface area (TPSA) is 20.3 Å². The van der Waals surface area contributed by atoms with Crippen LogP contribution in [0.1, 0.15) is 17.5 Å². The van der Waals surface area contributed by atoms with Gasteiger partial charge in [-0.2, -0.15) is 0 Å². The fourth-order valence-electron chi connectivity index (χ4n) is 1.46. The monoisotopic (exact) mass is 205 g/mol. The quantitative estimate of drug-likeness (QED) is 0.663. The summed E-state index contributed by atoms with van der Waals surface area (Å²) < 4.78 is 0. The summed E-state index contributed by atoms with van der Waals surface area (Å²) in [6, 6.07) is 8.62. The van der Waals surface area contributed by atoms with E-state index < -0.39 is 0 Å². The highest BCUT2D eigenvalue weighted by Gasteiger charge is 1.98. The molecule has 1 aromatic rings. The maximum absolute atomic E-state index is 10.2. The van der Waals surface area contributed by atoms with Crippen LogP contribution < -0.4 is 0 Å². The predicted octanol–water partition coefficient (Wildman–Crippen LogP) is 2.06. The van der Waals surface area contributed by atoms with E-state index in [2.05, 4.69) is 43.1 Å². The van der Waals surface area contributed by atoms with Crippen molar-refractivity contribution >= 4 is 6.29 Å². The average Bonchev–Trinajstić information content (AvgIpc) is 2.25. The third-order valence-corrected chi connectivity index (χ3v) is 2.53. The summed E-state index contributed by atoms with van der Waals surface area (Å²) in [5.74, 6) is 0. The van der Waals surface area contributed by atoms with Crippen LogP contribution in [0.25, 0.3) is 0 Å². The van der Waals surface area contributed by atoms with Crippen molar-refractivity contribution in [3.05, 3.63) is 35.4 Å². The molecule has 0 unspecified atom stereocenters. The van der Waals surface area contributed by atoms with Gasteiger partial charge in [0.25, 0.3) is 0 Å². The fraction of sp³-hybridized carbons (Fsp3) is 0.462. The van der Waals surface area contributed by atoms with E-state index in [1.807, 2.05) is 0 Å². The summed E-state index contributed by atoms with van der Waals surface area (Å²) in [6.45, 7) is 3.96. The first-order valence-electron chi connectivity index (χ1n) is 5.40. The minimum absolute atomic E-state index is 0.629. The van der Waals surface area contributed by atoms with Gasteiger partial charge in [0.05, 0.1) is 0 Å². The molecule has 0 bridgehead atoms. The van der Waals surface area contributed by atoms with Crippen LogP contribution in [0, 0.1) is 6.92 Å². The van der Waals surface area contributed by atoms with Crippen LogP contribution in [-0.2, 0) is 11.2 Å². The molecule has 15 heavy (non-hydrogen) atoms. The number of aryl methyl sites for hydroxylation is 1. The van der Waals surface area contributed by atoms with E-state index in [9.17, 15) is 4.79 Å². The molecule has 0 aliphatic rings. The number of rotatable bonds is 6. The maximum atomic E-state index is 10.2. The van der Waals surface area contributed by atoms with Crippen molar-refractivity contribution < 1.29 is 4.79 Å². The van der Waals surface area contributed by atoms with Crippen molar-refractivity contribution in [1.29, 1.82) is 0 Å². The minimum atomic E-state index is 0.629. The molecule has 0 radical (unpaired) electrons. The van der Waals surface area contributed by atoms with E-state index in [1.165, 1.54) is 11.1 Å². The van der Waals surface area contributed by atoms with E-state index in [-0.39, 0.29) is 0 Å². The molecular weight excluding hydrogens is 186 g/mol.